The molecule has 23 heavy (non-hydrogen) atoms. The van der Waals surface area contributed by atoms with Gasteiger partial charge < -0.3 is 10.1 Å². The van der Waals surface area contributed by atoms with Crippen LogP contribution in [0.1, 0.15) is 78.1 Å². The van der Waals surface area contributed by atoms with E-state index in [4.69, 9.17) is 4.74 Å². The van der Waals surface area contributed by atoms with E-state index in [0.29, 0.717) is 0 Å². The molecule has 134 valence electrons. The van der Waals surface area contributed by atoms with E-state index in [1.807, 2.05) is 0 Å². The summed E-state index contributed by atoms with van der Waals surface area (Å²) in [5.41, 5.74) is 0.132. The Morgan fingerprint density at radius 2 is 2.00 bits per heavy atom. The van der Waals surface area contributed by atoms with Gasteiger partial charge in [-0.3, -0.25) is 10.1 Å². The van der Waals surface area contributed by atoms with Gasteiger partial charge in [-0.2, -0.15) is 0 Å². The highest BCUT2D eigenvalue weighted by molar-refractivity contribution is 5.72. The highest BCUT2D eigenvalue weighted by atomic mass is 16.6. The highest BCUT2D eigenvalue weighted by Crippen LogP contribution is 2.38. The fourth-order valence-corrected chi connectivity index (χ4v) is 4.15. The normalized spacial score (nSPS) is 28.9. The molecule has 1 spiro atoms. The Morgan fingerprint density at radius 3 is 2.70 bits per heavy atom. The number of carbonyl (C=O) groups excluding carboxylic acids is 1. The first-order valence-corrected chi connectivity index (χ1v) is 9.86. The summed E-state index contributed by atoms with van der Waals surface area (Å²) >= 11 is 0. The van der Waals surface area contributed by atoms with Crippen molar-refractivity contribution in [1.29, 1.82) is 0 Å². The van der Waals surface area contributed by atoms with Crippen LogP contribution in [0, 0.1) is 11.3 Å². The monoisotopic (exact) mass is 324 g/mol. The van der Waals surface area contributed by atoms with Crippen molar-refractivity contribution in [3.8, 4) is 0 Å². The summed E-state index contributed by atoms with van der Waals surface area (Å²) in [4.78, 5) is 12.7. The molecule has 0 aromatic rings. The van der Waals surface area contributed by atoms with Gasteiger partial charge in [-0.25, -0.2) is 0 Å². The van der Waals surface area contributed by atoms with Gasteiger partial charge in [0.2, 0.25) is 0 Å². The first-order valence-electron chi connectivity index (χ1n) is 9.86. The fraction of sp³-hybridized carbons (Fsp3) is 0.947. The van der Waals surface area contributed by atoms with E-state index >= 15 is 0 Å². The van der Waals surface area contributed by atoms with Crippen LogP contribution >= 0.6 is 0 Å². The molecular weight excluding hydrogens is 288 g/mol. The van der Waals surface area contributed by atoms with Crippen molar-refractivity contribution in [3.63, 3.8) is 0 Å². The first-order chi connectivity index (χ1) is 11.2. The third-order valence-electron chi connectivity index (χ3n) is 5.62. The maximum atomic E-state index is 12.7. The number of hydrogen-bond acceptors (Lipinski definition) is 4. The summed E-state index contributed by atoms with van der Waals surface area (Å²) in [7, 11) is 0. The molecule has 2 fully saturated rings. The van der Waals surface area contributed by atoms with Crippen LogP contribution in [0.5, 0.6) is 0 Å². The second kappa shape index (κ2) is 9.63. The number of ether oxygens (including phenoxy) is 1. The molecule has 0 amide bonds. The van der Waals surface area contributed by atoms with Gasteiger partial charge in [-0.05, 0) is 45.2 Å². The Balaban J connectivity index is 1.86. The van der Waals surface area contributed by atoms with E-state index in [0.717, 1.165) is 51.7 Å². The molecule has 0 bridgehead atoms. The van der Waals surface area contributed by atoms with Crippen LogP contribution < -0.4 is 10.6 Å². The standard InChI is InChI=1S/C19H36N2O2/c1-3-5-6-7-10-16(9-4-2)17(22)23-18-19(12-14-21-18)11-8-13-20-15-19/h16,18,20-21H,3-15H2,1-2H3. The molecule has 2 saturated heterocycles. The number of esters is 1. The quantitative estimate of drug-likeness (QED) is 0.502. The Morgan fingerprint density at radius 1 is 1.13 bits per heavy atom. The van der Waals surface area contributed by atoms with Crippen LogP contribution in [0.2, 0.25) is 0 Å². The minimum Gasteiger partial charge on any atom is -0.446 e. The molecule has 0 aliphatic carbocycles. The van der Waals surface area contributed by atoms with Gasteiger partial charge in [0, 0.05) is 12.0 Å². The average Bonchev–Trinajstić information content (AvgIpc) is 2.93. The van der Waals surface area contributed by atoms with E-state index < -0.39 is 0 Å². The lowest BCUT2D eigenvalue weighted by atomic mass is 9.78. The zero-order valence-corrected chi connectivity index (χ0v) is 15.2. The van der Waals surface area contributed by atoms with Gasteiger partial charge in [0.25, 0.3) is 0 Å². The van der Waals surface area contributed by atoms with E-state index in [1.54, 1.807) is 0 Å². The fourth-order valence-electron chi connectivity index (χ4n) is 4.15. The number of hydrogen-bond donors (Lipinski definition) is 2. The molecule has 0 aromatic carbocycles. The maximum Gasteiger partial charge on any atom is 0.310 e. The molecule has 2 rings (SSSR count). The number of unbranched alkanes of at least 4 members (excludes halogenated alkanes) is 3. The molecule has 2 aliphatic rings. The third-order valence-corrected chi connectivity index (χ3v) is 5.62. The zero-order valence-electron chi connectivity index (χ0n) is 15.2. The van der Waals surface area contributed by atoms with Gasteiger partial charge in [0.1, 0.15) is 0 Å². The van der Waals surface area contributed by atoms with Crippen LogP contribution in [-0.4, -0.2) is 31.8 Å². The molecular formula is C19H36N2O2. The molecule has 2 N–H and O–H groups in total. The Labute approximate surface area is 142 Å². The Hall–Kier alpha value is -0.610. The van der Waals surface area contributed by atoms with E-state index in [9.17, 15) is 4.79 Å². The second-order valence-corrected chi connectivity index (χ2v) is 7.50. The lowest BCUT2D eigenvalue weighted by Crippen LogP contribution is -2.50. The van der Waals surface area contributed by atoms with Crippen molar-refractivity contribution in [2.45, 2.75) is 84.3 Å². The van der Waals surface area contributed by atoms with Crippen LogP contribution in [0.3, 0.4) is 0 Å². The predicted molar refractivity (Wildman–Crippen MR) is 94.2 cm³/mol. The van der Waals surface area contributed by atoms with E-state index in [1.165, 1.54) is 32.1 Å². The summed E-state index contributed by atoms with van der Waals surface area (Å²) in [5, 5.41) is 6.93. The molecule has 0 saturated carbocycles. The SMILES string of the molecule is CCCCCCC(CCC)C(=O)OC1NCCC12CCCNC2. The third kappa shape index (κ3) is 5.18. The molecule has 3 unspecified atom stereocenters. The Kier molecular flexibility index (Phi) is 7.84. The first kappa shape index (κ1) is 18.7. The molecule has 2 aliphatic heterocycles. The van der Waals surface area contributed by atoms with Crippen LogP contribution in [0.25, 0.3) is 0 Å². The van der Waals surface area contributed by atoms with Gasteiger partial charge in [0.15, 0.2) is 6.23 Å². The van der Waals surface area contributed by atoms with Crippen molar-refractivity contribution in [2.75, 3.05) is 19.6 Å². The molecule has 0 aromatic heterocycles. The van der Waals surface area contributed by atoms with Crippen molar-refractivity contribution >= 4 is 5.97 Å². The highest BCUT2D eigenvalue weighted by Gasteiger charge is 2.46. The second-order valence-electron chi connectivity index (χ2n) is 7.50. The van der Waals surface area contributed by atoms with Gasteiger partial charge in [0.05, 0.1) is 5.92 Å². The predicted octanol–water partition coefficient (Wildman–Crippen LogP) is 3.61. The minimum absolute atomic E-state index is 0.0349. The molecule has 2 heterocycles. The molecule has 3 atom stereocenters. The van der Waals surface area contributed by atoms with Gasteiger partial charge in [-0.15, -0.1) is 0 Å². The summed E-state index contributed by atoms with van der Waals surface area (Å²) in [6, 6.07) is 0. The largest absolute Gasteiger partial charge is 0.446 e. The molecule has 0 radical (unpaired) electrons. The maximum absolute atomic E-state index is 12.7. The summed E-state index contributed by atoms with van der Waals surface area (Å²) < 4.78 is 5.99. The summed E-state index contributed by atoms with van der Waals surface area (Å²) in [6.45, 7) is 7.42. The van der Waals surface area contributed by atoms with Crippen molar-refractivity contribution in [2.24, 2.45) is 11.3 Å². The molecule has 4 heteroatoms. The smallest absolute Gasteiger partial charge is 0.310 e. The van der Waals surface area contributed by atoms with Crippen LogP contribution in [-0.2, 0) is 9.53 Å². The summed E-state index contributed by atoms with van der Waals surface area (Å²) in [6.07, 6.45) is 11.3. The average molecular weight is 325 g/mol. The van der Waals surface area contributed by atoms with Crippen LogP contribution in [0.4, 0.5) is 0 Å². The number of nitrogens with one attached hydrogen (secondary N) is 2. The number of rotatable bonds is 9. The minimum atomic E-state index is -0.0854. The van der Waals surface area contributed by atoms with Gasteiger partial charge >= 0.3 is 5.97 Å². The van der Waals surface area contributed by atoms with Crippen LogP contribution in [0.15, 0.2) is 0 Å². The van der Waals surface area contributed by atoms with Crippen molar-refractivity contribution < 1.29 is 9.53 Å². The topological polar surface area (TPSA) is 50.4 Å². The molecule has 4 nitrogen and oxygen atoms in total. The van der Waals surface area contributed by atoms with E-state index in [-0.39, 0.29) is 23.5 Å². The lowest BCUT2D eigenvalue weighted by molar-refractivity contribution is -0.162. The number of carbonyl (C=O) groups is 1. The Bertz CT molecular complexity index is 353. The van der Waals surface area contributed by atoms with Crippen molar-refractivity contribution in [1.82, 2.24) is 10.6 Å². The van der Waals surface area contributed by atoms with Crippen molar-refractivity contribution in [3.05, 3.63) is 0 Å². The zero-order chi connectivity index (χ0) is 16.5. The number of piperidine rings is 1. The lowest BCUT2D eigenvalue weighted by Gasteiger charge is -2.38. The summed E-state index contributed by atoms with van der Waals surface area (Å²) in [5.74, 6) is 0.126. The van der Waals surface area contributed by atoms with E-state index in [2.05, 4.69) is 24.5 Å². The van der Waals surface area contributed by atoms with Gasteiger partial charge in [-0.1, -0.05) is 46.0 Å².